The molecule has 46 heavy (non-hydrogen) atoms. The number of carboxylic acids is 1. The number of aliphatic hydroxyl groups is 4. The van der Waals surface area contributed by atoms with Gasteiger partial charge in [-0.15, -0.1) is 0 Å². The first-order chi connectivity index (χ1) is 21.4. The van der Waals surface area contributed by atoms with E-state index in [1.165, 1.54) is 19.9 Å². The Hall–Kier alpha value is -3.19. The molecular weight excluding hydrogens is 600 g/mol. The Morgan fingerprint density at radius 1 is 0.848 bits per heavy atom. The Labute approximate surface area is 271 Å². The fourth-order valence-corrected chi connectivity index (χ4v) is 5.40. The molecule has 0 aromatic carbocycles. The predicted molar refractivity (Wildman–Crippen MR) is 168 cm³/mol. The van der Waals surface area contributed by atoms with Gasteiger partial charge in [0.05, 0.1) is 36.4 Å². The molecule has 0 unspecified atom stereocenters. The maximum absolute atomic E-state index is 12.9. The second kappa shape index (κ2) is 19.5. The van der Waals surface area contributed by atoms with Crippen molar-refractivity contribution >= 4 is 29.7 Å². The van der Waals surface area contributed by atoms with Crippen LogP contribution in [0.4, 0.5) is 0 Å². The van der Waals surface area contributed by atoms with Crippen molar-refractivity contribution in [1.29, 1.82) is 0 Å². The van der Waals surface area contributed by atoms with Crippen LogP contribution in [0.25, 0.3) is 0 Å². The van der Waals surface area contributed by atoms with E-state index >= 15 is 0 Å². The Kier molecular flexibility index (Phi) is 17.3. The molecule has 12 heteroatoms. The van der Waals surface area contributed by atoms with Crippen molar-refractivity contribution < 1.29 is 59.0 Å². The van der Waals surface area contributed by atoms with Crippen LogP contribution in [0.3, 0.4) is 0 Å². The van der Waals surface area contributed by atoms with Gasteiger partial charge in [0, 0.05) is 29.9 Å². The quantitative estimate of drug-likeness (QED) is 0.0525. The molecule has 9 atom stereocenters. The van der Waals surface area contributed by atoms with E-state index in [4.69, 9.17) is 9.84 Å². The molecule has 1 aliphatic rings. The molecule has 5 N–H and O–H groups in total. The SMILES string of the molecule is CCC(/C=C/C(=O)O)=C\[C@H](O)C[C@@H](C)C[C@@H](C)CC[C@H](O)[C@H](C)C(=O)C[C@@H](O)[C@@H](C)[C@H](C)OC(=O)C[C@@H](O)C1=C(C)C(=O)OC1=O. The van der Waals surface area contributed by atoms with Crippen LogP contribution in [0.1, 0.15) is 93.4 Å². The lowest BCUT2D eigenvalue weighted by atomic mass is 9.85. The van der Waals surface area contributed by atoms with Gasteiger partial charge in [0.25, 0.3) is 0 Å². The van der Waals surface area contributed by atoms with Crippen LogP contribution < -0.4 is 0 Å². The molecule has 1 aliphatic heterocycles. The lowest BCUT2D eigenvalue weighted by Gasteiger charge is -2.27. The van der Waals surface area contributed by atoms with E-state index in [-0.39, 0.29) is 35.2 Å². The smallest absolute Gasteiger partial charge is 0.345 e. The molecule has 0 aromatic rings. The number of aliphatic carboxylic acids is 1. The number of ether oxygens (including phenoxy) is 2. The minimum atomic E-state index is -1.59. The summed E-state index contributed by atoms with van der Waals surface area (Å²) in [5.41, 5.74) is 0.357. The van der Waals surface area contributed by atoms with E-state index in [1.807, 2.05) is 20.8 Å². The van der Waals surface area contributed by atoms with Gasteiger partial charge >= 0.3 is 23.9 Å². The van der Waals surface area contributed by atoms with Crippen molar-refractivity contribution in [3.8, 4) is 0 Å². The summed E-state index contributed by atoms with van der Waals surface area (Å²) < 4.78 is 9.71. The number of carbonyl (C=O) groups excluding carboxylic acids is 4. The van der Waals surface area contributed by atoms with Gasteiger partial charge in [0.1, 0.15) is 11.9 Å². The zero-order chi connectivity index (χ0) is 35.3. The van der Waals surface area contributed by atoms with Gasteiger partial charge in [-0.05, 0) is 63.4 Å². The summed E-state index contributed by atoms with van der Waals surface area (Å²) in [6, 6.07) is 0. The topological polar surface area (TPSA) is 205 Å². The van der Waals surface area contributed by atoms with Gasteiger partial charge in [-0.2, -0.15) is 0 Å². The van der Waals surface area contributed by atoms with Crippen LogP contribution in [-0.4, -0.2) is 85.7 Å². The van der Waals surface area contributed by atoms with Crippen molar-refractivity contribution in [2.75, 3.05) is 0 Å². The predicted octanol–water partition coefficient (Wildman–Crippen LogP) is 3.19. The average Bonchev–Trinajstić information content (AvgIpc) is 3.22. The van der Waals surface area contributed by atoms with Crippen LogP contribution in [0.5, 0.6) is 0 Å². The highest BCUT2D eigenvalue weighted by Gasteiger charge is 2.36. The van der Waals surface area contributed by atoms with Crippen LogP contribution in [0.2, 0.25) is 0 Å². The maximum Gasteiger partial charge on any atom is 0.345 e. The minimum absolute atomic E-state index is 0.0831. The van der Waals surface area contributed by atoms with Crippen molar-refractivity contribution in [1.82, 2.24) is 0 Å². The van der Waals surface area contributed by atoms with Crippen molar-refractivity contribution in [2.24, 2.45) is 23.7 Å². The summed E-state index contributed by atoms with van der Waals surface area (Å²) in [5, 5.41) is 50.8. The van der Waals surface area contributed by atoms with E-state index in [0.717, 1.165) is 18.1 Å². The molecular formula is C34H52O12. The number of cyclic esters (lactones) is 2. The lowest BCUT2D eigenvalue weighted by molar-refractivity contribution is -0.154. The van der Waals surface area contributed by atoms with Gasteiger partial charge < -0.3 is 35.0 Å². The summed E-state index contributed by atoms with van der Waals surface area (Å²) in [5.74, 6) is -5.18. The second-order valence-electron chi connectivity index (χ2n) is 12.7. The molecule has 260 valence electrons. The zero-order valence-corrected chi connectivity index (χ0v) is 28.0. The molecule has 1 rings (SSSR count). The Morgan fingerprint density at radius 3 is 2.02 bits per heavy atom. The molecule has 0 aliphatic carbocycles. The van der Waals surface area contributed by atoms with Crippen molar-refractivity contribution in [3.05, 3.63) is 34.9 Å². The summed E-state index contributed by atoms with van der Waals surface area (Å²) in [4.78, 5) is 59.2. The first kappa shape index (κ1) is 40.8. The van der Waals surface area contributed by atoms with Gasteiger partial charge in [-0.3, -0.25) is 9.59 Å². The standard InChI is InChI=1S/C34H52O12/c1-8-24(10-12-30(40)41)15-25(35)14-19(3)13-18(2)9-11-26(36)21(5)28(38)16-27(37)20(4)23(7)45-31(42)17-29(39)32-22(6)33(43)46-34(32)44/h10,12,15,18-21,23,25-27,29,35-37,39H,8-9,11,13-14,16-17H2,1-7H3,(H,40,41)/b12-10+,24-15+/t18-,19-,20-,21-,23-,25+,26-,27+,29+/m0/s1. The Balaban J connectivity index is 2.52. The fraction of sp³-hybridized carbons (Fsp3) is 0.676. The third-order valence-corrected chi connectivity index (χ3v) is 8.63. The van der Waals surface area contributed by atoms with Gasteiger partial charge in [-0.25, -0.2) is 14.4 Å². The summed E-state index contributed by atoms with van der Waals surface area (Å²) >= 11 is 0. The molecule has 0 radical (unpaired) electrons. The highest BCUT2D eigenvalue weighted by atomic mass is 16.6. The third kappa shape index (κ3) is 13.7. The average molecular weight is 653 g/mol. The van der Waals surface area contributed by atoms with Gasteiger partial charge in [0.15, 0.2) is 0 Å². The summed E-state index contributed by atoms with van der Waals surface area (Å²) in [6.07, 6.45) is 0.999. The summed E-state index contributed by atoms with van der Waals surface area (Å²) in [7, 11) is 0. The number of ketones is 1. The molecule has 0 amide bonds. The second-order valence-corrected chi connectivity index (χ2v) is 12.7. The van der Waals surface area contributed by atoms with Crippen LogP contribution in [0.15, 0.2) is 34.9 Å². The number of allylic oxidation sites excluding steroid dienone is 2. The number of rotatable bonds is 21. The Bertz CT molecular complexity index is 1170. The highest BCUT2D eigenvalue weighted by molar-refractivity contribution is 6.12. The number of hydrogen-bond donors (Lipinski definition) is 5. The van der Waals surface area contributed by atoms with E-state index < -0.39 is 72.7 Å². The van der Waals surface area contributed by atoms with Crippen LogP contribution in [0, 0.1) is 23.7 Å². The number of aliphatic hydroxyl groups excluding tert-OH is 4. The number of hydrogen-bond acceptors (Lipinski definition) is 11. The number of carbonyl (C=O) groups is 5. The van der Waals surface area contributed by atoms with Crippen LogP contribution in [-0.2, 0) is 33.4 Å². The fourth-order valence-electron chi connectivity index (χ4n) is 5.40. The highest BCUT2D eigenvalue weighted by Crippen LogP contribution is 2.26. The zero-order valence-electron chi connectivity index (χ0n) is 28.0. The number of carboxylic acid groups (broad SMARTS) is 1. The minimum Gasteiger partial charge on any atom is -0.478 e. The van der Waals surface area contributed by atoms with Gasteiger partial charge in [-0.1, -0.05) is 46.8 Å². The molecule has 0 aromatic heterocycles. The summed E-state index contributed by atoms with van der Waals surface area (Å²) in [6.45, 7) is 12.0. The first-order valence-corrected chi connectivity index (χ1v) is 15.9. The first-order valence-electron chi connectivity index (χ1n) is 15.9. The lowest BCUT2D eigenvalue weighted by Crippen LogP contribution is -2.36. The maximum atomic E-state index is 12.9. The molecule has 0 bridgehead atoms. The van der Waals surface area contributed by atoms with Crippen molar-refractivity contribution in [3.63, 3.8) is 0 Å². The molecule has 0 saturated carbocycles. The van der Waals surface area contributed by atoms with E-state index in [0.29, 0.717) is 25.7 Å². The molecule has 0 fully saturated rings. The Morgan fingerprint density at radius 2 is 1.48 bits per heavy atom. The monoisotopic (exact) mass is 652 g/mol. The largest absolute Gasteiger partial charge is 0.478 e. The number of esters is 3. The normalized spacial score (nSPS) is 20.0. The molecule has 0 saturated heterocycles. The molecule has 0 spiro atoms. The van der Waals surface area contributed by atoms with E-state index in [2.05, 4.69) is 4.74 Å². The van der Waals surface area contributed by atoms with E-state index in [1.54, 1.807) is 19.9 Å². The molecule has 1 heterocycles. The van der Waals surface area contributed by atoms with Crippen LogP contribution >= 0.6 is 0 Å². The molecule has 12 nitrogen and oxygen atoms in total. The third-order valence-electron chi connectivity index (χ3n) is 8.63. The van der Waals surface area contributed by atoms with Gasteiger partial charge in [0.2, 0.25) is 0 Å². The van der Waals surface area contributed by atoms with E-state index in [9.17, 15) is 44.4 Å². The number of Topliss-reactive ketones (excluding diaryl/α,β-unsaturated/α-hetero) is 1. The van der Waals surface area contributed by atoms with Crippen molar-refractivity contribution in [2.45, 2.75) is 124 Å².